The molecule has 1 aromatic rings. The van der Waals surface area contributed by atoms with Crippen molar-refractivity contribution in [2.45, 2.75) is 52.1 Å². The van der Waals surface area contributed by atoms with Crippen LogP contribution in [0.3, 0.4) is 0 Å². The Balaban J connectivity index is 1.81. The van der Waals surface area contributed by atoms with Gasteiger partial charge in [-0.2, -0.15) is 0 Å². The number of primary amides is 1. The average molecular weight is 473 g/mol. The van der Waals surface area contributed by atoms with Crippen molar-refractivity contribution in [3.05, 3.63) is 42.0 Å². The quantitative estimate of drug-likeness (QED) is 0.184. The second-order valence-electron chi connectivity index (χ2n) is 9.10. The Hall–Kier alpha value is -2.91. The van der Waals surface area contributed by atoms with E-state index in [9.17, 15) is 14.4 Å². The molecular weight excluding hydrogens is 432 g/mol. The molecule has 0 saturated heterocycles. The Morgan fingerprint density at radius 1 is 0.971 bits per heavy atom. The van der Waals surface area contributed by atoms with Crippen molar-refractivity contribution in [3.8, 4) is 0 Å². The first-order valence-electron chi connectivity index (χ1n) is 12.1. The smallest absolute Gasteiger partial charge is 0.312 e. The van der Waals surface area contributed by atoms with Crippen LogP contribution in [0.2, 0.25) is 0 Å². The Bertz CT molecular complexity index is 806. The Morgan fingerprint density at radius 3 is 2.26 bits per heavy atom. The van der Waals surface area contributed by atoms with Crippen LogP contribution < -0.4 is 27.0 Å². The van der Waals surface area contributed by atoms with Gasteiger partial charge in [0.25, 0.3) is 11.8 Å². The molecule has 4 amide bonds. The number of hydrogen-bond donors (Lipinski definition) is 5. The van der Waals surface area contributed by atoms with Gasteiger partial charge in [0.05, 0.1) is 0 Å². The highest BCUT2D eigenvalue weighted by molar-refractivity contribution is 6.12. The minimum absolute atomic E-state index is 0.213. The van der Waals surface area contributed by atoms with Gasteiger partial charge in [-0.05, 0) is 50.8 Å². The van der Waals surface area contributed by atoms with Crippen LogP contribution in [0.5, 0.6) is 0 Å². The van der Waals surface area contributed by atoms with Gasteiger partial charge in [0.2, 0.25) is 0 Å². The van der Waals surface area contributed by atoms with Crippen LogP contribution in [-0.2, 0) is 9.59 Å². The summed E-state index contributed by atoms with van der Waals surface area (Å²) in [5.41, 5.74) is 7.47. The molecule has 2 atom stereocenters. The number of amides is 4. The monoisotopic (exact) mass is 472 g/mol. The molecular formula is C25H40N6O3. The van der Waals surface area contributed by atoms with Gasteiger partial charge in [-0.3, -0.25) is 14.5 Å². The van der Waals surface area contributed by atoms with Crippen LogP contribution in [0.1, 0.15) is 38.7 Å². The molecule has 0 unspecified atom stereocenters. The van der Waals surface area contributed by atoms with E-state index in [1.807, 2.05) is 0 Å². The number of imide groups is 1. The number of nitrogens with one attached hydrogen (secondary N) is 4. The van der Waals surface area contributed by atoms with Gasteiger partial charge in [-0.15, -0.1) is 0 Å². The van der Waals surface area contributed by atoms with E-state index in [1.54, 1.807) is 0 Å². The molecule has 0 fully saturated rings. The zero-order valence-corrected chi connectivity index (χ0v) is 20.6. The molecule has 0 spiro atoms. The number of nitrogens with two attached hydrogens (primary N) is 1. The summed E-state index contributed by atoms with van der Waals surface area (Å²) in [6, 6.07) is 8.27. The van der Waals surface area contributed by atoms with Crippen molar-refractivity contribution in [2.75, 3.05) is 38.0 Å². The topological polar surface area (TPSA) is 129 Å². The molecule has 1 aromatic carbocycles. The Labute approximate surface area is 202 Å². The summed E-state index contributed by atoms with van der Waals surface area (Å²) < 4.78 is 0. The van der Waals surface area contributed by atoms with E-state index < -0.39 is 6.03 Å². The van der Waals surface area contributed by atoms with Gasteiger partial charge in [0.1, 0.15) is 0 Å². The zero-order chi connectivity index (χ0) is 24.9. The number of carbonyl (C=O) groups is 3. The van der Waals surface area contributed by atoms with Crippen molar-refractivity contribution in [3.63, 3.8) is 0 Å². The minimum Gasteiger partial charge on any atom is -0.383 e. The molecule has 9 nitrogen and oxygen atoms in total. The van der Waals surface area contributed by atoms with Crippen molar-refractivity contribution in [1.82, 2.24) is 20.9 Å². The number of anilines is 1. The molecule has 0 bridgehead atoms. The standard InChI is InChI=1S/C25H40N6O3/c1-18(2)22(27-14-5-15-31-23(32)11-12-24(31)33)17-30-21(6-4-13-28-25(26)34)16-29-20-9-7-19(3)8-10-20/h7-12,18,21-22,27,29-30H,4-6,13-17H2,1-3H3,(H3,26,28,34)/t21-,22+/m0/s1. The van der Waals surface area contributed by atoms with Crippen LogP contribution in [0.15, 0.2) is 36.4 Å². The van der Waals surface area contributed by atoms with Crippen LogP contribution >= 0.6 is 0 Å². The highest BCUT2D eigenvalue weighted by Crippen LogP contribution is 2.10. The lowest BCUT2D eigenvalue weighted by atomic mass is 10.0. The fraction of sp³-hybridized carbons (Fsp3) is 0.560. The SMILES string of the molecule is Cc1ccc(NC[C@H](CCCNC(N)=O)NC[C@@H](NCCCN2C(=O)C=CC2=O)C(C)C)cc1. The average Bonchev–Trinajstić information content (AvgIpc) is 3.11. The van der Waals surface area contributed by atoms with Crippen LogP contribution in [0.25, 0.3) is 0 Å². The third-order valence-corrected chi connectivity index (χ3v) is 5.93. The van der Waals surface area contributed by atoms with E-state index in [0.29, 0.717) is 25.4 Å². The molecule has 1 heterocycles. The maximum Gasteiger partial charge on any atom is 0.312 e. The van der Waals surface area contributed by atoms with Gasteiger partial charge < -0.3 is 27.0 Å². The largest absolute Gasteiger partial charge is 0.383 e. The maximum atomic E-state index is 11.7. The molecule has 2 rings (SSSR count). The highest BCUT2D eigenvalue weighted by atomic mass is 16.2. The van der Waals surface area contributed by atoms with Crippen molar-refractivity contribution < 1.29 is 14.4 Å². The summed E-state index contributed by atoms with van der Waals surface area (Å²) in [5, 5.41) is 13.4. The lowest BCUT2D eigenvalue weighted by Gasteiger charge is -2.27. The number of carbonyl (C=O) groups excluding carboxylic acids is 3. The zero-order valence-electron chi connectivity index (χ0n) is 20.6. The summed E-state index contributed by atoms with van der Waals surface area (Å²) in [6.45, 7) is 9.65. The Morgan fingerprint density at radius 2 is 1.65 bits per heavy atom. The van der Waals surface area contributed by atoms with Crippen molar-refractivity contribution in [1.29, 1.82) is 0 Å². The van der Waals surface area contributed by atoms with Crippen LogP contribution in [0, 0.1) is 12.8 Å². The molecule has 6 N–H and O–H groups in total. The molecule has 0 aromatic heterocycles. The first kappa shape index (κ1) is 27.3. The predicted octanol–water partition coefficient (Wildman–Crippen LogP) is 1.74. The first-order valence-corrected chi connectivity index (χ1v) is 12.1. The lowest BCUT2D eigenvalue weighted by Crippen LogP contribution is -2.48. The second-order valence-corrected chi connectivity index (χ2v) is 9.10. The summed E-state index contributed by atoms with van der Waals surface area (Å²) in [7, 11) is 0. The third-order valence-electron chi connectivity index (χ3n) is 5.93. The van der Waals surface area contributed by atoms with E-state index in [1.165, 1.54) is 22.6 Å². The fourth-order valence-electron chi connectivity index (χ4n) is 3.76. The fourth-order valence-corrected chi connectivity index (χ4v) is 3.76. The summed E-state index contributed by atoms with van der Waals surface area (Å²) in [6.07, 6.45) is 5.05. The van der Waals surface area contributed by atoms with E-state index in [-0.39, 0.29) is 23.9 Å². The van der Waals surface area contributed by atoms with Gasteiger partial charge >= 0.3 is 6.03 Å². The molecule has 34 heavy (non-hydrogen) atoms. The number of nitrogens with zero attached hydrogens (tertiary/aromatic N) is 1. The molecule has 1 aliphatic heterocycles. The molecule has 188 valence electrons. The number of benzene rings is 1. The number of hydrogen-bond acceptors (Lipinski definition) is 6. The first-order chi connectivity index (χ1) is 16.3. The third kappa shape index (κ3) is 9.93. The van der Waals surface area contributed by atoms with Crippen LogP contribution in [0.4, 0.5) is 10.5 Å². The molecule has 0 radical (unpaired) electrons. The van der Waals surface area contributed by atoms with Gasteiger partial charge in [0, 0.05) is 56.1 Å². The molecule has 9 heteroatoms. The van der Waals surface area contributed by atoms with Gasteiger partial charge in [-0.1, -0.05) is 31.5 Å². The van der Waals surface area contributed by atoms with Gasteiger partial charge in [-0.25, -0.2) is 4.79 Å². The molecule has 1 aliphatic rings. The number of aryl methyl sites for hydroxylation is 1. The van der Waals surface area contributed by atoms with E-state index >= 15 is 0 Å². The van der Waals surface area contributed by atoms with E-state index in [2.05, 4.69) is 66.3 Å². The number of urea groups is 1. The number of rotatable bonds is 16. The normalized spacial score (nSPS) is 15.1. The maximum absolute atomic E-state index is 11.7. The summed E-state index contributed by atoms with van der Waals surface area (Å²) in [4.78, 5) is 35.6. The predicted molar refractivity (Wildman–Crippen MR) is 135 cm³/mol. The minimum atomic E-state index is -0.500. The lowest BCUT2D eigenvalue weighted by molar-refractivity contribution is -0.136. The summed E-state index contributed by atoms with van der Waals surface area (Å²) in [5.74, 6) is -0.0601. The summed E-state index contributed by atoms with van der Waals surface area (Å²) >= 11 is 0. The molecule has 0 saturated carbocycles. The second kappa shape index (κ2) is 14.4. The van der Waals surface area contributed by atoms with E-state index in [4.69, 9.17) is 5.73 Å². The van der Waals surface area contributed by atoms with Crippen LogP contribution in [-0.4, -0.2) is 67.6 Å². The highest BCUT2D eigenvalue weighted by Gasteiger charge is 2.22. The Kier molecular flexibility index (Phi) is 11.6. The van der Waals surface area contributed by atoms with E-state index in [0.717, 1.165) is 38.2 Å². The van der Waals surface area contributed by atoms with Crippen molar-refractivity contribution in [2.24, 2.45) is 11.7 Å². The molecule has 0 aliphatic carbocycles. The van der Waals surface area contributed by atoms with Gasteiger partial charge in [0.15, 0.2) is 0 Å². The van der Waals surface area contributed by atoms with Crippen molar-refractivity contribution >= 4 is 23.5 Å².